The molecule has 4 heteroatoms. The van der Waals surface area contributed by atoms with Crippen LogP contribution in [0.15, 0.2) is 29.2 Å². The molecule has 0 aromatic heterocycles. The Morgan fingerprint density at radius 3 is 2.84 bits per heavy atom. The summed E-state index contributed by atoms with van der Waals surface area (Å²) in [4.78, 5) is 1.28. The Labute approximate surface area is 120 Å². The summed E-state index contributed by atoms with van der Waals surface area (Å²) in [6, 6.07) is 8.68. The van der Waals surface area contributed by atoms with Crippen LogP contribution in [-0.4, -0.2) is 38.2 Å². The number of ether oxygens (including phenoxy) is 2. The van der Waals surface area contributed by atoms with Gasteiger partial charge in [-0.25, -0.2) is 0 Å². The maximum Gasteiger partial charge on any atom is 0.118 e. The van der Waals surface area contributed by atoms with Crippen molar-refractivity contribution >= 4 is 11.8 Å². The molecule has 0 spiro atoms. The van der Waals surface area contributed by atoms with Gasteiger partial charge in [0.05, 0.1) is 13.2 Å². The highest BCUT2D eigenvalue weighted by atomic mass is 32.2. The molecule has 1 fully saturated rings. The summed E-state index contributed by atoms with van der Waals surface area (Å²) in [5.41, 5.74) is 0. The molecule has 1 aromatic carbocycles. The van der Waals surface area contributed by atoms with Crippen LogP contribution in [0, 0.1) is 0 Å². The van der Waals surface area contributed by atoms with Crippen LogP contribution in [0.25, 0.3) is 0 Å². The van der Waals surface area contributed by atoms with E-state index in [4.69, 9.17) is 9.47 Å². The Morgan fingerprint density at radius 1 is 1.42 bits per heavy atom. The first-order valence-electron chi connectivity index (χ1n) is 6.91. The second kappa shape index (κ2) is 7.78. The summed E-state index contributed by atoms with van der Waals surface area (Å²) >= 11 is 1.87. The maximum absolute atomic E-state index is 5.67. The molecule has 1 aliphatic heterocycles. The van der Waals surface area contributed by atoms with Crippen LogP contribution in [-0.2, 0) is 4.74 Å². The Kier molecular flexibility index (Phi) is 6.01. The lowest BCUT2D eigenvalue weighted by atomic mass is 10.1. The van der Waals surface area contributed by atoms with Gasteiger partial charge in [-0.2, -0.15) is 0 Å². The minimum absolute atomic E-state index is 0.408. The van der Waals surface area contributed by atoms with E-state index >= 15 is 0 Å². The number of methoxy groups -OCH3 is 1. The highest BCUT2D eigenvalue weighted by Crippen LogP contribution is 2.21. The minimum atomic E-state index is 0.408. The molecule has 106 valence electrons. The molecular formula is C15H23NO2S. The zero-order chi connectivity index (χ0) is 13.5. The van der Waals surface area contributed by atoms with Crippen LogP contribution in [0.3, 0.4) is 0 Å². The largest absolute Gasteiger partial charge is 0.497 e. The molecule has 1 heterocycles. The van der Waals surface area contributed by atoms with Crippen molar-refractivity contribution in [3.63, 3.8) is 0 Å². The van der Waals surface area contributed by atoms with Crippen molar-refractivity contribution in [3.05, 3.63) is 24.3 Å². The van der Waals surface area contributed by atoms with E-state index in [1.165, 1.54) is 17.7 Å². The van der Waals surface area contributed by atoms with Crippen LogP contribution < -0.4 is 10.1 Å². The molecular weight excluding hydrogens is 258 g/mol. The summed E-state index contributed by atoms with van der Waals surface area (Å²) in [5, 5.41) is 3.55. The number of rotatable bonds is 7. The smallest absolute Gasteiger partial charge is 0.118 e. The SMILES string of the molecule is COc1ccc(SCCNC(C)C2CCCO2)cc1. The van der Waals surface area contributed by atoms with E-state index < -0.39 is 0 Å². The third-order valence-corrected chi connectivity index (χ3v) is 4.43. The van der Waals surface area contributed by atoms with Gasteiger partial charge in [0, 0.05) is 29.8 Å². The third kappa shape index (κ3) is 4.71. The Morgan fingerprint density at radius 2 is 2.21 bits per heavy atom. The lowest BCUT2D eigenvalue weighted by Crippen LogP contribution is -2.38. The second-order valence-electron chi connectivity index (χ2n) is 4.82. The average molecular weight is 281 g/mol. The van der Waals surface area contributed by atoms with Gasteiger partial charge in [0.2, 0.25) is 0 Å². The molecule has 0 bridgehead atoms. The number of thioether (sulfide) groups is 1. The third-order valence-electron chi connectivity index (χ3n) is 3.42. The van der Waals surface area contributed by atoms with E-state index in [9.17, 15) is 0 Å². The Balaban J connectivity index is 1.62. The number of hydrogen-bond donors (Lipinski definition) is 1. The molecule has 19 heavy (non-hydrogen) atoms. The van der Waals surface area contributed by atoms with Crippen molar-refractivity contribution in [2.45, 2.75) is 36.8 Å². The Hall–Kier alpha value is -0.710. The van der Waals surface area contributed by atoms with Gasteiger partial charge < -0.3 is 14.8 Å². The highest BCUT2D eigenvalue weighted by Gasteiger charge is 2.21. The van der Waals surface area contributed by atoms with Gasteiger partial charge in [-0.1, -0.05) is 0 Å². The fourth-order valence-electron chi connectivity index (χ4n) is 2.26. The lowest BCUT2D eigenvalue weighted by Gasteiger charge is -2.19. The van der Waals surface area contributed by atoms with Gasteiger partial charge in [0.15, 0.2) is 0 Å². The molecule has 1 N–H and O–H groups in total. The quantitative estimate of drug-likeness (QED) is 0.615. The standard InChI is InChI=1S/C15H23NO2S/c1-12(15-4-3-10-18-15)16-9-11-19-14-7-5-13(17-2)6-8-14/h5-8,12,15-16H,3-4,9-11H2,1-2H3. The summed E-state index contributed by atoms with van der Waals surface area (Å²) in [6.07, 6.45) is 2.81. The predicted molar refractivity (Wildman–Crippen MR) is 80.2 cm³/mol. The molecule has 0 radical (unpaired) electrons. The van der Waals surface area contributed by atoms with E-state index in [0.717, 1.165) is 24.7 Å². The molecule has 3 nitrogen and oxygen atoms in total. The molecule has 2 unspecified atom stereocenters. The van der Waals surface area contributed by atoms with Crippen LogP contribution >= 0.6 is 11.8 Å². The number of hydrogen-bond acceptors (Lipinski definition) is 4. The highest BCUT2D eigenvalue weighted by molar-refractivity contribution is 7.99. The average Bonchev–Trinajstić information content (AvgIpc) is 2.98. The molecule has 2 rings (SSSR count). The van der Waals surface area contributed by atoms with Crippen molar-refractivity contribution in [1.82, 2.24) is 5.32 Å². The van der Waals surface area contributed by atoms with Crippen molar-refractivity contribution in [2.75, 3.05) is 26.0 Å². The second-order valence-corrected chi connectivity index (χ2v) is 5.99. The maximum atomic E-state index is 5.67. The van der Waals surface area contributed by atoms with E-state index in [1.54, 1.807) is 7.11 Å². The molecule has 1 aromatic rings. The molecule has 0 amide bonds. The van der Waals surface area contributed by atoms with E-state index in [2.05, 4.69) is 24.4 Å². The van der Waals surface area contributed by atoms with Gasteiger partial charge in [-0.15, -0.1) is 11.8 Å². The van der Waals surface area contributed by atoms with E-state index in [1.807, 2.05) is 23.9 Å². The number of nitrogens with one attached hydrogen (secondary N) is 1. The Bertz CT molecular complexity index is 363. The predicted octanol–water partition coefficient (Wildman–Crippen LogP) is 2.94. The van der Waals surface area contributed by atoms with Gasteiger partial charge in [-0.3, -0.25) is 0 Å². The summed E-state index contributed by atoms with van der Waals surface area (Å²) in [5.74, 6) is 1.98. The van der Waals surface area contributed by atoms with Crippen LogP contribution in [0.5, 0.6) is 5.75 Å². The molecule has 1 aliphatic rings. The zero-order valence-corrected chi connectivity index (χ0v) is 12.5. The molecule has 2 atom stereocenters. The monoisotopic (exact) mass is 281 g/mol. The first kappa shape index (κ1) is 14.7. The van der Waals surface area contributed by atoms with E-state index in [0.29, 0.717) is 12.1 Å². The summed E-state index contributed by atoms with van der Waals surface area (Å²) in [6.45, 7) is 4.16. The van der Waals surface area contributed by atoms with Gasteiger partial charge in [0.25, 0.3) is 0 Å². The van der Waals surface area contributed by atoms with Crippen molar-refractivity contribution in [1.29, 1.82) is 0 Å². The summed E-state index contributed by atoms with van der Waals surface area (Å²) in [7, 11) is 1.69. The first-order chi connectivity index (χ1) is 9.29. The van der Waals surface area contributed by atoms with Crippen LogP contribution in [0.2, 0.25) is 0 Å². The van der Waals surface area contributed by atoms with Gasteiger partial charge in [-0.05, 0) is 44.0 Å². The summed E-state index contributed by atoms with van der Waals surface area (Å²) < 4.78 is 10.8. The minimum Gasteiger partial charge on any atom is -0.497 e. The van der Waals surface area contributed by atoms with Gasteiger partial charge >= 0.3 is 0 Å². The van der Waals surface area contributed by atoms with Crippen molar-refractivity contribution in [3.8, 4) is 5.75 Å². The molecule has 0 aliphatic carbocycles. The van der Waals surface area contributed by atoms with Crippen LogP contribution in [0.4, 0.5) is 0 Å². The lowest BCUT2D eigenvalue weighted by molar-refractivity contribution is 0.0844. The molecule has 0 saturated carbocycles. The van der Waals surface area contributed by atoms with E-state index in [-0.39, 0.29) is 0 Å². The first-order valence-corrected chi connectivity index (χ1v) is 7.90. The number of benzene rings is 1. The van der Waals surface area contributed by atoms with Gasteiger partial charge in [0.1, 0.15) is 5.75 Å². The zero-order valence-electron chi connectivity index (χ0n) is 11.7. The van der Waals surface area contributed by atoms with Crippen LogP contribution in [0.1, 0.15) is 19.8 Å². The van der Waals surface area contributed by atoms with Crippen molar-refractivity contribution in [2.24, 2.45) is 0 Å². The normalized spacial score (nSPS) is 20.4. The fraction of sp³-hybridized carbons (Fsp3) is 0.600. The molecule has 1 saturated heterocycles. The fourth-order valence-corrected chi connectivity index (χ4v) is 3.04. The van der Waals surface area contributed by atoms with Crippen molar-refractivity contribution < 1.29 is 9.47 Å². The topological polar surface area (TPSA) is 30.5 Å².